The first-order valence-electron chi connectivity index (χ1n) is 22.0. The molecule has 0 saturated carbocycles. The number of aryl methyl sites for hydroxylation is 2. The first kappa shape index (κ1) is 42.2. The van der Waals surface area contributed by atoms with Crippen LogP contribution < -0.4 is 11.5 Å². The monoisotopic (exact) mass is 715 g/mol. The van der Waals surface area contributed by atoms with Gasteiger partial charge >= 0.3 is 0 Å². The normalized spacial score (nSPS) is 12.6. The molecule has 2 atom stereocenters. The summed E-state index contributed by atoms with van der Waals surface area (Å²) in [5, 5.41) is 0. The molecule has 288 valence electrons. The van der Waals surface area contributed by atoms with Crippen molar-refractivity contribution in [1.29, 1.82) is 0 Å². The molecule has 0 heterocycles. The Morgan fingerprint density at radius 2 is 0.585 bits per heavy atom. The molecule has 4 aromatic carbocycles. The van der Waals surface area contributed by atoms with Crippen LogP contribution >= 0.6 is 0 Å². The zero-order valence-corrected chi connectivity index (χ0v) is 33.8. The van der Waals surface area contributed by atoms with E-state index >= 15 is 0 Å². The van der Waals surface area contributed by atoms with E-state index in [9.17, 15) is 0 Å². The van der Waals surface area contributed by atoms with Crippen LogP contribution in [0.25, 0.3) is 0 Å². The second-order valence-corrected chi connectivity index (χ2v) is 16.0. The highest BCUT2D eigenvalue weighted by Gasteiger charge is 2.16. The van der Waals surface area contributed by atoms with Crippen molar-refractivity contribution in [3.8, 4) is 0 Å². The average molecular weight is 715 g/mol. The Bertz CT molecular complexity index is 1350. The van der Waals surface area contributed by atoms with Gasteiger partial charge in [0, 0.05) is 23.2 Å². The standard InChI is InChI=1S/C51H74N2/c1-3-5-7-9-16-20-24-50(46-34-38-48(52)39-35-46)44-30-26-42(27-31-44)22-18-14-12-11-13-15-19-23-43-28-32-45(33-29-43)51(25-21-17-10-8-6-4-2)47-36-40-49(53)41-37-47/h26-41,50-51H,3-25,52-53H2,1-2H3. The van der Waals surface area contributed by atoms with Gasteiger partial charge in [-0.2, -0.15) is 0 Å². The van der Waals surface area contributed by atoms with E-state index in [1.54, 1.807) is 0 Å². The summed E-state index contributed by atoms with van der Waals surface area (Å²) in [6.45, 7) is 4.58. The lowest BCUT2D eigenvalue weighted by Gasteiger charge is -2.19. The van der Waals surface area contributed by atoms with Crippen LogP contribution in [0.4, 0.5) is 11.4 Å². The lowest BCUT2D eigenvalue weighted by atomic mass is 9.86. The van der Waals surface area contributed by atoms with Crippen molar-refractivity contribution in [3.63, 3.8) is 0 Å². The maximum Gasteiger partial charge on any atom is 0.0314 e. The summed E-state index contributed by atoms with van der Waals surface area (Å²) in [7, 11) is 0. The summed E-state index contributed by atoms with van der Waals surface area (Å²) >= 11 is 0. The van der Waals surface area contributed by atoms with E-state index in [0.29, 0.717) is 11.8 Å². The van der Waals surface area contributed by atoms with Crippen molar-refractivity contribution >= 4 is 11.4 Å². The van der Waals surface area contributed by atoms with Crippen molar-refractivity contribution in [2.75, 3.05) is 11.5 Å². The van der Waals surface area contributed by atoms with Crippen LogP contribution in [-0.2, 0) is 12.8 Å². The molecule has 0 radical (unpaired) electrons. The Morgan fingerprint density at radius 1 is 0.321 bits per heavy atom. The third-order valence-corrected chi connectivity index (χ3v) is 11.6. The van der Waals surface area contributed by atoms with Crippen LogP contribution in [-0.4, -0.2) is 0 Å². The molecule has 0 aliphatic carbocycles. The second kappa shape index (κ2) is 25.5. The molecule has 0 saturated heterocycles. The van der Waals surface area contributed by atoms with Crippen molar-refractivity contribution in [1.82, 2.24) is 0 Å². The Hall–Kier alpha value is -3.52. The van der Waals surface area contributed by atoms with Crippen LogP contribution in [0.3, 0.4) is 0 Å². The first-order valence-corrected chi connectivity index (χ1v) is 22.0. The molecule has 0 spiro atoms. The maximum atomic E-state index is 6.02. The fourth-order valence-electron chi connectivity index (χ4n) is 8.14. The number of anilines is 2. The highest BCUT2D eigenvalue weighted by atomic mass is 14.5. The zero-order chi connectivity index (χ0) is 37.4. The molecule has 0 aromatic heterocycles. The van der Waals surface area contributed by atoms with Crippen molar-refractivity contribution < 1.29 is 0 Å². The highest BCUT2D eigenvalue weighted by Crippen LogP contribution is 2.33. The summed E-state index contributed by atoms with van der Waals surface area (Å²) in [5.74, 6) is 0.921. The number of rotatable bonds is 28. The lowest BCUT2D eigenvalue weighted by Crippen LogP contribution is -2.02. The molecular formula is C51H74N2. The van der Waals surface area contributed by atoms with Gasteiger partial charge in [0.15, 0.2) is 0 Å². The molecule has 2 unspecified atom stereocenters. The Kier molecular flexibility index (Phi) is 20.3. The van der Waals surface area contributed by atoms with Crippen LogP contribution in [0.2, 0.25) is 0 Å². The van der Waals surface area contributed by atoms with Gasteiger partial charge in [-0.25, -0.2) is 0 Å². The fraction of sp³-hybridized carbons (Fsp3) is 0.529. The quantitative estimate of drug-likeness (QED) is 0.0454. The first-order chi connectivity index (χ1) is 26.1. The SMILES string of the molecule is CCCCCCCCC(c1ccc(N)cc1)c1ccc(CCCCCCCCCc2ccc(C(CCCCCCCC)c3ccc(N)cc3)cc2)cc1. The van der Waals surface area contributed by atoms with Crippen LogP contribution in [0.15, 0.2) is 97.1 Å². The molecule has 0 amide bonds. The molecule has 0 aliphatic heterocycles. The minimum Gasteiger partial charge on any atom is -0.399 e. The second-order valence-electron chi connectivity index (χ2n) is 16.0. The molecule has 0 bridgehead atoms. The number of nitrogen functional groups attached to an aromatic ring is 2. The summed E-state index contributed by atoms with van der Waals surface area (Å²) in [5.41, 5.74) is 22.4. The summed E-state index contributed by atoms with van der Waals surface area (Å²) in [4.78, 5) is 0. The van der Waals surface area contributed by atoms with Gasteiger partial charge in [-0.05, 0) is 96.2 Å². The predicted molar refractivity (Wildman–Crippen MR) is 234 cm³/mol. The molecule has 53 heavy (non-hydrogen) atoms. The van der Waals surface area contributed by atoms with E-state index < -0.39 is 0 Å². The largest absolute Gasteiger partial charge is 0.399 e. The van der Waals surface area contributed by atoms with E-state index in [2.05, 4.69) is 111 Å². The maximum absolute atomic E-state index is 6.02. The summed E-state index contributed by atoms with van der Waals surface area (Å²) < 4.78 is 0. The van der Waals surface area contributed by atoms with E-state index in [1.807, 2.05) is 0 Å². The highest BCUT2D eigenvalue weighted by molar-refractivity contribution is 5.44. The van der Waals surface area contributed by atoms with Gasteiger partial charge in [0.1, 0.15) is 0 Å². The van der Waals surface area contributed by atoms with Gasteiger partial charge in [-0.1, -0.05) is 196 Å². The van der Waals surface area contributed by atoms with Gasteiger partial charge in [0.05, 0.1) is 0 Å². The molecule has 4 rings (SSSR count). The smallest absolute Gasteiger partial charge is 0.0314 e. The summed E-state index contributed by atoms with van der Waals surface area (Å²) in [6.07, 6.45) is 30.2. The minimum atomic E-state index is 0.461. The minimum absolute atomic E-state index is 0.461. The summed E-state index contributed by atoms with van der Waals surface area (Å²) in [6, 6.07) is 36.3. The molecule has 4 aromatic rings. The van der Waals surface area contributed by atoms with E-state index in [-0.39, 0.29) is 0 Å². The third-order valence-electron chi connectivity index (χ3n) is 11.6. The Balaban J connectivity index is 1.12. The molecule has 4 N–H and O–H groups in total. The fourth-order valence-corrected chi connectivity index (χ4v) is 8.14. The zero-order valence-electron chi connectivity index (χ0n) is 33.8. The van der Waals surface area contributed by atoms with Crippen molar-refractivity contribution in [2.24, 2.45) is 0 Å². The third kappa shape index (κ3) is 16.2. The van der Waals surface area contributed by atoms with Gasteiger partial charge in [-0.3, -0.25) is 0 Å². The van der Waals surface area contributed by atoms with Crippen molar-refractivity contribution in [2.45, 2.75) is 173 Å². The van der Waals surface area contributed by atoms with Gasteiger partial charge in [0.2, 0.25) is 0 Å². The topological polar surface area (TPSA) is 52.0 Å². The number of unbranched alkanes of at least 4 members (excludes halogenated alkanes) is 16. The lowest BCUT2D eigenvalue weighted by molar-refractivity contribution is 0.568. The van der Waals surface area contributed by atoms with Crippen LogP contribution in [0.1, 0.15) is 194 Å². The molecule has 0 fully saturated rings. The van der Waals surface area contributed by atoms with E-state index in [1.165, 1.54) is 181 Å². The van der Waals surface area contributed by atoms with Gasteiger partial charge in [-0.15, -0.1) is 0 Å². The number of nitrogens with two attached hydrogens (primary N) is 2. The number of hydrogen-bond acceptors (Lipinski definition) is 2. The van der Waals surface area contributed by atoms with E-state index in [4.69, 9.17) is 11.5 Å². The Morgan fingerprint density at radius 3 is 0.906 bits per heavy atom. The molecular weight excluding hydrogens is 641 g/mol. The number of benzene rings is 4. The van der Waals surface area contributed by atoms with Crippen molar-refractivity contribution in [3.05, 3.63) is 130 Å². The molecule has 2 nitrogen and oxygen atoms in total. The molecule has 2 heteroatoms. The van der Waals surface area contributed by atoms with Gasteiger partial charge < -0.3 is 11.5 Å². The molecule has 0 aliphatic rings. The van der Waals surface area contributed by atoms with Crippen LogP contribution in [0.5, 0.6) is 0 Å². The van der Waals surface area contributed by atoms with Crippen LogP contribution in [0, 0.1) is 0 Å². The van der Waals surface area contributed by atoms with Gasteiger partial charge in [0.25, 0.3) is 0 Å². The predicted octanol–water partition coefficient (Wildman–Crippen LogP) is 15.1. The van der Waals surface area contributed by atoms with E-state index in [0.717, 1.165) is 11.4 Å². The number of hydrogen-bond donors (Lipinski definition) is 2. The average Bonchev–Trinajstić information content (AvgIpc) is 3.18. The Labute approximate surface area is 325 Å².